The van der Waals surface area contributed by atoms with E-state index in [9.17, 15) is 9.59 Å². The maximum atomic E-state index is 11.9. The van der Waals surface area contributed by atoms with Crippen LogP contribution in [-0.4, -0.2) is 36.5 Å². The lowest BCUT2D eigenvalue weighted by atomic mass is 10.2. The van der Waals surface area contributed by atoms with Gasteiger partial charge in [-0.25, -0.2) is 4.79 Å². The molecule has 0 spiro atoms. The summed E-state index contributed by atoms with van der Waals surface area (Å²) in [6.45, 7) is 5.32. The molecule has 0 aromatic heterocycles. The first-order chi connectivity index (χ1) is 9.17. The molecule has 0 saturated carbocycles. The minimum atomic E-state index is -0.224. The summed E-state index contributed by atoms with van der Waals surface area (Å²) >= 11 is 0. The number of carbonyl (C=O) groups is 2. The van der Waals surface area contributed by atoms with Gasteiger partial charge >= 0.3 is 6.03 Å². The minimum absolute atomic E-state index is 0.0883. The van der Waals surface area contributed by atoms with Crippen LogP contribution in [0.25, 0.3) is 0 Å². The molecule has 3 amide bonds. The van der Waals surface area contributed by atoms with Crippen molar-refractivity contribution in [2.24, 2.45) is 0 Å². The van der Waals surface area contributed by atoms with E-state index in [0.29, 0.717) is 19.6 Å². The second-order valence-corrected chi connectivity index (χ2v) is 4.11. The van der Waals surface area contributed by atoms with Crippen LogP contribution in [-0.2, 0) is 11.3 Å². The van der Waals surface area contributed by atoms with Crippen LogP contribution < -0.4 is 10.6 Å². The predicted octanol–water partition coefficient (Wildman–Crippen LogP) is 1.35. The number of likely N-dealkylation sites (N-methyl/N-ethyl adjacent to an activating group) is 2. The molecule has 5 heteroatoms. The topological polar surface area (TPSA) is 61.4 Å². The fourth-order valence-corrected chi connectivity index (χ4v) is 1.64. The number of urea groups is 1. The summed E-state index contributed by atoms with van der Waals surface area (Å²) in [5.41, 5.74) is 1.03. The molecule has 0 bridgehead atoms. The maximum absolute atomic E-state index is 11.9. The summed E-state index contributed by atoms with van der Waals surface area (Å²) in [6.07, 6.45) is 0. The molecule has 0 radical (unpaired) electrons. The molecule has 0 unspecified atom stereocenters. The zero-order valence-corrected chi connectivity index (χ0v) is 11.5. The Hall–Kier alpha value is -2.04. The fraction of sp³-hybridized carbons (Fsp3) is 0.429. The lowest BCUT2D eigenvalue weighted by Gasteiger charge is -2.20. The molecule has 104 valence electrons. The van der Waals surface area contributed by atoms with Gasteiger partial charge in [0.05, 0.1) is 0 Å². The lowest BCUT2D eigenvalue weighted by molar-refractivity contribution is -0.121. The molecule has 19 heavy (non-hydrogen) atoms. The van der Waals surface area contributed by atoms with Crippen LogP contribution in [0.2, 0.25) is 0 Å². The minimum Gasteiger partial charge on any atom is -0.355 e. The molecule has 0 heterocycles. The van der Waals surface area contributed by atoms with E-state index in [1.165, 1.54) is 4.90 Å². The van der Waals surface area contributed by atoms with Crippen molar-refractivity contribution in [2.75, 3.05) is 19.6 Å². The van der Waals surface area contributed by atoms with Crippen molar-refractivity contribution in [2.45, 2.75) is 20.4 Å². The first-order valence-corrected chi connectivity index (χ1v) is 6.50. The summed E-state index contributed by atoms with van der Waals surface area (Å²) in [5.74, 6) is -0.140. The SMILES string of the molecule is CCNC(=O)CN(CC)C(=O)NCc1ccccc1. The van der Waals surface area contributed by atoms with Crippen molar-refractivity contribution >= 4 is 11.9 Å². The van der Waals surface area contributed by atoms with Crippen LogP contribution in [0.4, 0.5) is 4.79 Å². The van der Waals surface area contributed by atoms with Gasteiger partial charge < -0.3 is 15.5 Å². The van der Waals surface area contributed by atoms with Crippen molar-refractivity contribution in [3.8, 4) is 0 Å². The largest absolute Gasteiger partial charge is 0.355 e. The smallest absolute Gasteiger partial charge is 0.318 e. The highest BCUT2D eigenvalue weighted by Gasteiger charge is 2.14. The number of benzene rings is 1. The van der Waals surface area contributed by atoms with Crippen molar-refractivity contribution < 1.29 is 9.59 Å². The molecule has 1 aromatic rings. The van der Waals surface area contributed by atoms with E-state index in [-0.39, 0.29) is 18.5 Å². The van der Waals surface area contributed by atoms with E-state index in [1.807, 2.05) is 44.2 Å². The van der Waals surface area contributed by atoms with E-state index in [2.05, 4.69) is 10.6 Å². The molecular formula is C14H21N3O2. The van der Waals surface area contributed by atoms with E-state index in [0.717, 1.165) is 5.56 Å². The fourth-order valence-electron chi connectivity index (χ4n) is 1.64. The summed E-state index contributed by atoms with van der Waals surface area (Å²) in [6, 6.07) is 9.44. The molecule has 0 fully saturated rings. The third kappa shape index (κ3) is 5.42. The van der Waals surface area contributed by atoms with Gasteiger partial charge in [-0.05, 0) is 19.4 Å². The maximum Gasteiger partial charge on any atom is 0.318 e. The molecule has 2 N–H and O–H groups in total. The summed E-state index contributed by atoms with van der Waals surface area (Å²) in [5, 5.41) is 5.48. The molecular weight excluding hydrogens is 242 g/mol. The van der Waals surface area contributed by atoms with E-state index >= 15 is 0 Å². The van der Waals surface area contributed by atoms with Crippen LogP contribution in [0, 0.1) is 0 Å². The number of nitrogens with one attached hydrogen (secondary N) is 2. The van der Waals surface area contributed by atoms with Gasteiger partial charge in [-0.1, -0.05) is 30.3 Å². The van der Waals surface area contributed by atoms with Crippen LogP contribution in [0.5, 0.6) is 0 Å². The van der Waals surface area contributed by atoms with Crippen molar-refractivity contribution in [3.63, 3.8) is 0 Å². The van der Waals surface area contributed by atoms with Crippen LogP contribution >= 0.6 is 0 Å². The monoisotopic (exact) mass is 263 g/mol. The summed E-state index contributed by atoms with van der Waals surface area (Å²) < 4.78 is 0. The normalized spacial score (nSPS) is 9.79. The van der Waals surface area contributed by atoms with E-state index < -0.39 is 0 Å². The van der Waals surface area contributed by atoms with Crippen LogP contribution in [0.15, 0.2) is 30.3 Å². The van der Waals surface area contributed by atoms with E-state index in [4.69, 9.17) is 0 Å². The highest BCUT2D eigenvalue weighted by Crippen LogP contribution is 1.98. The number of amides is 3. The zero-order valence-electron chi connectivity index (χ0n) is 11.5. The molecule has 0 saturated heterocycles. The third-order valence-electron chi connectivity index (χ3n) is 2.66. The molecule has 0 aliphatic rings. The average molecular weight is 263 g/mol. The number of nitrogens with zero attached hydrogens (tertiary/aromatic N) is 1. The second-order valence-electron chi connectivity index (χ2n) is 4.11. The molecule has 1 aromatic carbocycles. The number of rotatable bonds is 6. The molecule has 5 nitrogen and oxygen atoms in total. The number of hydrogen-bond acceptors (Lipinski definition) is 2. The van der Waals surface area contributed by atoms with Gasteiger partial charge in [0.25, 0.3) is 0 Å². The van der Waals surface area contributed by atoms with Crippen molar-refractivity contribution in [1.29, 1.82) is 0 Å². The average Bonchev–Trinajstić information content (AvgIpc) is 2.43. The first kappa shape index (κ1) is 15.0. The molecule has 0 atom stereocenters. The van der Waals surface area contributed by atoms with E-state index in [1.54, 1.807) is 0 Å². The van der Waals surface area contributed by atoms with Gasteiger partial charge in [-0.3, -0.25) is 4.79 Å². The Labute approximate surface area is 114 Å². The molecule has 0 aliphatic heterocycles. The Kier molecular flexibility index (Phi) is 6.43. The standard InChI is InChI=1S/C14H21N3O2/c1-3-15-13(18)11-17(4-2)14(19)16-10-12-8-6-5-7-9-12/h5-9H,3-4,10-11H2,1-2H3,(H,15,18)(H,16,19). The molecule has 0 aliphatic carbocycles. The Morgan fingerprint density at radius 3 is 2.37 bits per heavy atom. The van der Waals surface area contributed by atoms with Crippen molar-refractivity contribution in [1.82, 2.24) is 15.5 Å². The van der Waals surface area contributed by atoms with Gasteiger partial charge in [0.2, 0.25) is 5.91 Å². The van der Waals surface area contributed by atoms with Gasteiger partial charge in [-0.2, -0.15) is 0 Å². The highest BCUT2D eigenvalue weighted by atomic mass is 16.2. The number of carbonyl (C=O) groups excluding carboxylic acids is 2. The Morgan fingerprint density at radius 2 is 1.79 bits per heavy atom. The Bertz CT molecular complexity index is 406. The third-order valence-corrected chi connectivity index (χ3v) is 2.66. The number of hydrogen-bond donors (Lipinski definition) is 2. The Morgan fingerprint density at radius 1 is 1.11 bits per heavy atom. The highest BCUT2D eigenvalue weighted by molar-refractivity contribution is 5.83. The first-order valence-electron chi connectivity index (χ1n) is 6.50. The Balaban J connectivity index is 2.43. The van der Waals surface area contributed by atoms with Crippen LogP contribution in [0.3, 0.4) is 0 Å². The summed E-state index contributed by atoms with van der Waals surface area (Å²) in [7, 11) is 0. The summed E-state index contributed by atoms with van der Waals surface area (Å²) in [4.78, 5) is 24.9. The van der Waals surface area contributed by atoms with Crippen LogP contribution in [0.1, 0.15) is 19.4 Å². The quantitative estimate of drug-likeness (QED) is 0.814. The zero-order chi connectivity index (χ0) is 14.1. The van der Waals surface area contributed by atoms with Gasteiger partial charge in [0, 0.05) is 19.6 Å². The molecule has 1 rings (SSSR count). The van der Waals surface area contributed by atoms with Gasteiger partial charge in [-0.15, -0.1) is 0 Å². The van der Waals surface area contributed by atoms with Crippen molar-refractivity contribution in [3.05, 3.63) is 35.9 Å². The predicted molar refractivity (Wildman–Crippen MR) is 74.6 cm³/mol. The van der Waals surface area contributed by atoms with Gasteiger partial charge in [0.1, 0.15) is 6.54 Å². The second kappa shape index (κ2) is 8.13. The lowest BCUT2D eigenvalue weighted by Crippen LogP contribution is -2.45. The van der Waals surface area contributed by atoms with Gasteiger partial charge in [0.15, 0.2) is 0 Å².